The Balaban J connectivity index is 3.04. The molecule has 21 heavy (non-hydrogen) atoms. The highest BCUT2D eigenvalue weighted by Gasteiger charge is 2.01. The quantitative estimate of drug-likeness (QED) is 0.322. The third kappa shape index (κ3) is 17.4. The second kappa shape index (κ2) is 17.5. The average Bonchev–Trinajstić information content (AvgIpc) is 2.49. The lowest BCUT2D eigenvalue weighted by Gasteiger charge is -2.04. The third-order valence-electron chi connectivity index (χ3n) is 3.84. The number of hydrogen-bond acceptors (Lipinski definition) is 3. The van der Waals surface area contributed by atoms with E-state index in [1.54, 1.807) is 0 Å². The predicted molar refractivity (Wildman–Crippen MR) is 88.4 cm³/mol. The van der Waals surface area contributed by atoms with E-state index >= 15 is 0 Å². The summed E-state index contributed by atoms with van der Waals surface area (Å²) in [6.07, 6.45) is 17.5. The average molecular weight is 300 g/mol. The normalized spacial score (nSPS) is 10.8. The molecule has 3 heteroatoms. The van der Waals surface area contributed by atoms with Crippen molar-refractivity contribution in [1.82, 2.24) is 0 Å². The summed E-state index contributed by atoms with van der Waals surface area (Å²) in [6, 6.07) is 0. The molecule has 0 saturated heterocycles. The second-order valence-electron chi connectivity index (χ2n) is 5.94. The van der Waals surface area contributed by atoms with Gasteiger partial charge in [-0.1, -0.05) is 84.0 Å². The van der Waals surface area contributed by atoms with Crippen LogP contribution in [0.4, 0.5) is 0 Å². The summed E-state index contributed by atoms with van der Waals surface area (Å²) in [5.41, 5.74) is 0. The first-order valence-electron chi connectivity index (χ1n) is 9.07. The van der Waals surface area contributed by atoms with Crippen LogP contribution in [0.15, 0.2) is 0 Å². The van der Waals surface area contributed by atoms with Crippen molar-refractivity contribution in [2.24, 2.45) is 0 Å². The number of aliphatic hydroxyl groups excluding tert-OH is 1. The van der Waals surface area contributed by atoms with Gasteiger partial charge >= 0.3 is 5.97 Å². The third-order valence-corrected chi connectivity index (χ3v) is 3.84. The Morgan fingerprint density at radius 1 is 0.762 bits per heavy atom. The van der Waals surface area contributed by atoms with Crippen LogP contribution in [0.5, 0.6) is 0 Å². The predicted octanol–water partition coefficient (Wildman–Crippen LogP) is 5.00. The Kier molecular flexibility index (Phi) is 17.0. The van der Waals surface area contributed by atoms with Gasteiger partial charge in [-0.15, -0.1) is 0 Å². The molecule has 0 atom stereocenters. The van der Waals surface area contributed by atoms with Crippen molar-refractivity contribution < 1.29 is 14.6 Å². The van der Waals surface area contributed by atoms with Gasteiger partial charge < -0.3 is 9.84 Å². The van der Waals surface area contributed by atoms with E-state index in [0.29, 0.717) is 6.42 Å². The molecule has 0 aliphatic rings. The molecule has 0 unspecified atom stereocenters. The van der Waals surface area contributed by atoms with Crippen molar-refractivity contribution in [2.75, 3.05) is 13.2 Å². The number of unbranched alkanes of at least 4 members (excludes halogenated alkanes) is 12. The number of carbonyl (C=O) groups is 1. The number of rotatable bonds is 16. The maximum atomic E-state index is 11.2. The highest BCUT2D eigenvalue weighted by molar-refractivity contribution is 5.69. The van der Waals surface area contributed by atoms with E-state index in [9.17, 15) is 4.79 Å². The SMILES string of the molecule is CCCCCCCCCCCCCCCC(=O)OCCO. The molecule has 0 aromatic carbocycles. The van der Waals surface area contributed by atoms with E-state index in [1.807, 2.05) is 0 Å². The van der Waals surface area contributed by atoms with Crippen molar-refractivity contribution in [2.45, 2.75) is 96.8 Å². The fourth-order valence-electron chi connectivity index (χ4n) is 2.52. The second-order valence-corrected chi connectivity index (χ2v) is 5.94. The van der Waals surface area contributed by atoms with Crippen LogP contribution in [0.1, 0.15) is 96.8 Å². The van der Waals surface area contributed by atoms with Crippen LogP contribution in [0.2, 0.25) is 0 Å². The van der Waals surface area contributed by atoms with Crippen molar-refractivity contribution >= 4 is 5.97 Å². The summed E-state index contributed by atoms with van der Waals surface area (Å²) in [7, 11) is 0. The Labute approximate surface area is 131 Å². The van der Waals surface area contributed by atoms with E-state index in [4.69, 9.17) is 9.84 Å². The number of aliphatic hydroxyl groups is 1. The topological polar surface area (TPSA) is 46.5 Å². The first-order chi connectivity index (χ1) is 10.3. The molecule has 0 aliphatic carbocycles. The van der Waals surface area contributed by atoms with Gasteiger partial charge in [0, 0.05) is 6.42 Å². The van der Waals surface area contributed by atoms with Gasteiger partial charge in [0.1, 0.15) is 6.61 Å². The first kappa shape index (κ1) is 20.4. The van der Waals surface area contributed by atoms with E-state index in [1.165, 1.54) is 70.6 Å². The summed E-state index contributed by atoms with van der Waals surface area (Å²) in [5, 5.41) is 8.52. The largest absolute Gasteiger partial charge is 0.463 e. The lowest BCUT2D eigenvalue weighted by Crippen LogP contribution is -2.07. The number of hydrogen-bond donors (Lipinski definition) is 1. The van der Waals surface area contributed by atoms with Gasteiger partial charge in [-0.2, -0.15) is 0 Å². The fraction of sp³-hybridized carbons (Fsp3) is 0.944. The molecule has 0 amide bonds. The minimum Gasteiger partial charge on any atom is -0.463 e. The zero-order valence-corrected chi connectivity index (χ0v) is 14.1. The van der Waals surface area contributed by atoms with Gasteiger partial charge in [0.25, 0.3) is 0 Å². The Bertz CT molecular complexity index is 217. The molecule has 0 radical (unpaired) electrons. The molecule has 0 fully saturated rings. The fourth-order valence-corrected chi connectivity index (χ4v) is 2.52. The number of esters is 1. The molecular formula is C18H36O3. The molecule has 0 bridgehead atoms. The van der Waals surface area contributed by atoms with Gasteiger partial charge in [0.15, 0.2) is 0 Å². The molecule has 1 N–H and O–H groups in total. The Hall–Kier alpha value is -0.570. The summed E-state index contributed by atoms with van der Waals surface area (Å²) >= 11 is 0. The molecule has 0 rings (SSSR count). The van der Waals surface area contributed by atoms with Crippen molar-refractivity contribution in [3.8, 4) is 0 Å². The van der Waals surface area contributed by atoms with Gasteiger partial charge in [0.05, 0.1) is 6.61 Å². The van der Waals surface area contributed by atoms with E-state index < -0.39 is 0 Å². The maximum absolute atomic E-state index is 11.2. The van der Waals surface area contributed by atoms with Gasteiger partial charge in [0.2, 0.25) is 0 Å². The molecule has 0 heterocycles. The molecule has 0 aromatic rings. The van der Waals surface area contributed by atoms with Gasteiger partial charge in [-0.3, -0.25) is 4.79 Å². The van der Waals surface area contributed by atoms with E-state index in [-0.39, 0.29) is 19.2 Å². The molecule has 0 aromatic heterocycles. The first-order valence-corrected chi connectivity index (χ1v) is 9.07. The minimum atomic E-state index is -0.174. The Morgan fingerprint density at radius 3 is 1.62 bits per heavy atom. The van der Waals surface area contributed by atoms with Crippen LogP contribution in [0.3, 0.4) is 0 Å². The summed E-state index contributed by atoms with van der Waals surface area (Å²) in [4.78, 5) is 11.2. The zero-order chi connectivity index (χ0) is 15.6. The van der Waals surface area contributed by atoms with Gasteiger partial charge in [-0.25, -0.2) is 0 Å². The number of carbonyl (C=O) groups excluding carboxylic acids is 1. The van der Waals surface area contributed by atoms with Crippen LogP contribution in [-0.2, 0) is 9.53 Å². The smallest absolute Gasteiger partial charge is 0.305 e. The van der Waals surface area contributed by atoms with Gasteiger partial charge in [-0.05, 0) is 6.42 Å². The van der Waals surface area contributed by atoms with Crippen LogP contribution in [-0.4, -0.2) is 24.3 Å². The van der Waals surface area contributed by atoms with Crippen molar-refractivity contribution in [3.05, 3.63) is 0 Å². The van der Waals surface area contributed by atoms with Crippen LogP contribution in [0.25, 0.3) is 0 Å². The lowest BCUT2D eigenvalue weighted by molar-refractivity contribution is -0.144. The van der Waals surface area contributed by atoms with Crippen molar-refractivity contribution in [3.63, 3.8) is 0 Å². The van der Waals surface area contributed by atoms with E-state index in [2.05, 4.69) is 6.92 Å². The van der Waals surface area contributed by atoms with Crippen LogP contribution in [0, 0.1) is 0 Å². The summed E-state index contributed by atoms with van der Waals surface area (Å²) in [6.45, 7) is 2.32. The minimum absolute atomic E-state index is 0.0790. The zero-order valence-electron chi connectivity index (χ0n) is 14.1. The van der Waals surface area contributed by atoms with Crippen molar-refractivity contribution in [1.29, 1.82) is 0 Å². The summed E-state index contributed by atoms with van der Waals surface area (Å²) < 4.78 is 4.81. The van der Waals surface area contributed by atoms with E-state index in [0.717, 1.165) is 12.8 Å². The van der Waals surface area contributed by atoms with Crippen LogP contribution < -0.4 is 0 Å². The summed E-state index contributed by atoms with van der Waals surface area (Å²) in [5.74, 6) is -0.174. The standard InChI is InChI=1S/C18H36O3/c1-2-3-4-5-6-7-8-9-10-11-12-13-14-15-18(20)21-17-16-19/h19H,2-17H2,1H3. The molecule has 0 aliphatic heterocycles. The highest BCUT2D eigenvalue weighted by Crippen LogP contribution is 2.13. The monoisotopic (exact) mass is 300 g/mol. The molecule has 3 nitrogen and oxygen atoms in total. The lowest BCUT2D eigenvalue weighted by atomic mass is 10.0. The highest BCUT2D eigenvalue weighted by atomic mass is 16.5. The molecular weight excluding hydrogens is 264 g/mol. The molecule has 0 saturated carbocycles. The number of ether oxygens (including phenoxy) is 1. The van der Waals surface area contributed by atoms with Crippen LogP contribution >= 0.6 is 0 Å². The Morgan fingerprint density at radius 2 is 1.19 bits per heavy atom. The molecule has 0 spiro atoms. The molecule has 126 valence electrons. The maximum Gasteiger partial charge on any atom is 0.305 e.